The summed E-state index contributed by atoms with van der Waals surface area (Å²) < 4.78 is 6.77. The van der Waals surface area contributed by atoms with Crippen LogP contribution >= 0.6 is 0 Å². The summed E-state index contributed by atoms with van der Waals surface area (Å²) in [5.41, 5.74) is 9.58. The van der Waals surface area contributed by atoms with Gasteiger partial charge in [0, 0.05) is 31.5 Å². The highest BCUT2D eigenvalue weighted by Gasteiger charge is 2.27. The van der Waals surface area contributed by atoms with Gasteiger partial charge in [0.05, 0.1) is 23.0 Å². The van der Waals surface area contributed by atoms with Gasteiger partial charge >= 0.3 is 6.09 Å². The minimum atomic E-state index is -0.793. The van der Waals surface area contributed by atoms with Gasteiger partial charge in [0.25, 0.3) is 5.91 Å². The highest BCUT2D eigenvalue weighted by molar-refractivity contribution is 5.93. The van der Waals surface area contributed by atoms with Gasteiger partial charge in [0.1, 0.15) is 6.10 Å². The molecule has 2 N–H and O–H groups in total. The summed E-state index contributed by atoms with van der Waals surface area (Å²) in [4.78, 5) is 25.9. The Kier molecular flexibility index (Phi) is 5.90. The van der Waals surface area contributed by atoms with E-state index in [0.29, 0.717) is 37.2 Å². The number of piperidine rings is 1. The van der Waals surface area contributed by atoms with E-state index in [9.17, 15) is 9.59 Å². The molecule has 0 bridgehead atoms. The van der Waals surface area contributed by atoms with Crippen LogP contribution < -0.4 is 5.73 Å². The molecule has 162 valence electrons. The third-order valence-corrected chi connectivity index (χ3v) is 5.53. The summed E-state index contributed by atoms with van der Waals surface area (Å²) in [7, 11) is 0. The van der Waals surface area contributed by atoms with Crippen molar-refractivity contribution < 1.29 is 14.3 Å². The van der Waals surface area contributed by atoms with E-state index in [1.807, 2.05) is 43.3 Å². The number of hydrogen-bond donors (Lipinski definition) is 1. The number of primary amides is 1. The number of aromatic nitrogens is 2. The van der Waals surface area contributed by atoms with Gasteiger partial charge in [-0.3, -0.25) is 4.79 Å². The molecule has 0 atom stereocenters. The number of rotatable bonds is 4. The third-order valence-electron chi connectivity index (χ3n) is 5.53. The van der Waals surface area contributed by atoms with Crippen molar-refractivity contribution in [2.45, 2.75) is 25.9 Å². The van der Waals surface area contributed by atoms with Crippen molar-refractivity contribution in [3.63, 3.8) is 0 Å². The molecule has 0 radical (unpaired) electrons. The number of hydrogen-bond acceptors (Lipinski definition) is 5. The number of benzene rings is 2. The molecule has 0 saturated carbocycles. The molecule has 1 aliphatic heterocycles. The molecule has 1 aromatic heterocycles. The quantitative estimate of drug-likeness (QED) is 0.682. The fourth-order valence-electron chi connectivity index (χ4n) is 3.79. The minimum absolute atomic E-state index is 0.178. The van der Waals surface area contributed by atoms with Gasteiger partial charge in [-0.15, -0.1) is 0 Å². The summed E-state index contributed by atoms with van der Waals surface area (Å²) in [6.45, 7) is 2.93. The molecule has 4 rings (SSSR count). The smallest absolute Gasteiger partial charge is 0.404 e. The second-order valence-electron chi connectivity index (χ2n) is 7.78. The Morgan fingerprint density at radius 2 is 1.75 bits per heavy atom. The SMILES string of the molecule is Cc1ccc(-c2cc(C(=O)N3CCC(OC(N)=O)CC3)nn2-c2ccc(C#N)cc2)cc1. The number of ether oxygens (including phenoxy) is 1. The number of aryl methyl sites for hydroxylation is 1. The zero-order valence-electron chi connectivity index (χ0n) is 17.7. The maximum absolute atomic E-state index is 13.2. The number of nitrogens with two attached hydrogens (primary N) is 1. The molecule has 2 aromatic carbocycles. The maximum Gasteiger partial charge on any atom is 0.404 e. The van der Waals surface area contributed by atoms with Crippen LogP contribution in [0.2, 0.25) is 0 Å². The summed E-state index contributed by atoms with van der Waals surface area (Å²) in [6, 6.07) is 19.0. The molecule has 1 saturated heterocycles. The average Bonchev–Trinajstić information content (AvgIpc) is 3.25. The normalized spacial score (nSPS) is 14.1. The molecule has 2 heterocycles. The first-order valence-electron chi connectivity index (χ1n) is 10.4. The van der Waals surface area contributed by atoms with E-state index in [4.69, 9.17) is 15.7 Å². The summed E-state index contributed by atoms with van der Waals surface area (Å²) in [6.07, 6.45) is 0.0145. The van der Waals surface area contributed by atoms with Crippen LogP contribution in [0.15, 0.2) is 54.6 Å². The predicted molar refractivity (Wildman–Crippen MR) is 118 cm³/mol. The van der Waals surface area contributed by atoms with Crippen LogP contribution in [0, 0.1) is 18.3 Å². The van der Waals surface area contributed by atoms with E-state index in [0.717, 1.165) is 22.5 Å². The first kappa shape index (κ1) is 21.1. The Morgan fingerprint density at radius 3 is 2.34 bits per heavy atom. The van der Waals surface area contributed by atoms with E-state index in [-0.39, 0.29) is 12.0 Å². The van der Waals surface area contributed by atoms with E-state index < -0.39 is 6.09 Å². The van der Waals surface area contributed by atoms with Crippen LogP contribution in [-0.4, -0.2) is 45.9 Å². The predicted octanol–water partition coefficient (Wildman–Crippen LogP) is 3.42. The van der Waals surface area contributed by atoms with Crippen LogP contribution in [0.1, 0.15) is 34.5 Å². The van der Waals surface area contributed by atoms with Crippen molar-refractivity contribution in [3.8, 4) is 23.0 Å². The number of likely N-dealkylation sites (tertiary alicyclic amines) is 1. The molecule has 0 spiro atoms. The number of nitrogens with zero attached hydrogens (tertiary/aromatic N) is 4. The summed E-state index contributed by atoms with van der Waals surface area (Å²) >= 11 is 0. The van der Waals surface area contributed by atoms with Crippen molar-refractivity contribution in [1.82, 2.24) is 14.7 Å². The second-order valence-corrected chi connectivity index (χ2v) is 7.78. The van der Waals surface area contributed by atoms with Gasteiger partial charge < -0.3 is 15.4 Å². The van der Waals surface area contributed by atoms with Gasteiger partial charge in [-0.05, 0) is 37.3 Å². The summed E-state index contributed by atoms with van der Waals surface area (Å²) in [5, 5.41) is 13.7. The van der Waals surface area contributed by atoms with Gasteiger partial charge in [-0.1, -0.05) is 29.8 Å². The van der Waals surface area contributed by atoms with E-state index in [2.05, 4.69) is 11.2 Å². The Hall–Kier alpha value is -4.12. The molecule has 0 unspecified atom stereocenters. The monoisotopic (exact) mass is 429 g/mol. The fourth-order valence-corrected chi connectivity index (χ4v) is 3.79. The van der Waals surface area contributed by atoms with Crippen molar-refractivity contribution in [2.24, 2.45) is 5.73 Å². The number of nitriles is 1. The fraction of sp³-hybridized carbons (Fsp3) is 0.250. The summed E-state index contributed by atoms with van der Waals surface area (Å²) in [5.74, 6) is -0.178. The Bertz CT molecular complexity index is 1170. The first-order chi connectivity index (χ1) is 15.4. The van der Waals surface area contributed by atoms with Crippen LogP contribution in [-0.2, 0) is 4.74 Å². The zero-order valence-corrected chi connectivity index (χ0v) is 17.7. The molecule has 2 amide bonds. The molecule has 1 aliphatic rings. The molecule has 8 heteroatoms. The van der Waals surface area contributed by atoms with Crippen molar-refractivity contribution in [1.29, 1.82) is 5.26 Å². The van der Waals surface area contributed by atoms with Crippen LogP contribution in [0.25, 0.3) is 16.9 Å². The Morgan fingerprint density at radius 1 is 1.09 bits per heavy atom. The highest BCUT2D eigenvalue weighted by atomic mass is 16.6. The molecule has 3 aromatic rings. The van der Waals surface area contributed by atoms with E-state index in [1.165, 1.54) is 0 Å². The van der Waals surface area contributed by atoms with Gasteiger partial charge in [0.2, 0.25) is 0 Å². The van der Waals surface area contributed by atoms with Crippen molar-refractivity contribution in [3.05, 3.63) is 71.4 Å². The average molecular weight is 429 g/mol. The number of amides is 2. The van der Waals surface area contributed by atoms with Gasteiger partial charge in [0.15, 0.2) is 5.69 Å². The lowest BCUT2D eigenvalue weighted by Gasteiger charge is -2.30. The highest BCUT2D eigenvalue weighted by Crippen LogP contribution is 2.26. The van der Waals surface area contributed by atoms with Crippen LogP contribution in [0.5, 0.6) is 0 Å². The van der Waals surface area contributed by atoms with Crippen molar-refractivity contribution >= 4 is 12.0 Å². The maximum atomic E-state index is 13.2. The standard InChI is InChI=1S/C24H23N5O3/c1-16-2-6-18(7-3-16)22-14-21(27-29(22)19-8-4-17(15-25)5-9-19)23(30)28-12-10-20(11-13-28)32-24(26)31/h2-9,14,20H,10-13H2,1H3,(H2,26,31). The van der Waals surface area contributed by atoms with Crippen LogP contribution in [0.4, 0.5) is 4.79 Å². The second kappa shape index (κ2) is 8.94. The van der Waals surface area contributed by atoms with Gasteiger partial charge in [-0.25, -0.2) is 9.48 Å². The molecule has 32 heavy (non-hydrogen) atoms. The molecule has 0 aliphatic carbocycles. The van der Waals surface area contributed by atoms with Crippen LogP contribution in [0.3, 0.4) is 0 Å². The molecule has 1 fully saturated rings. The number of carbonyl (C=O) groups is 2. The van der Waals surface area contributed by atoms with E-state index >= 15 is 0 Å². The Balaban J connectivity index is 1.64. The van der Waals surface area contributed by atoms with Gasteiger partial charge in [-0.2, -0.15) is 10.4 Å². The Labute approximate surface area is 185 Å². The molecular weight excluding hydrogens is 406 g/mol. The molecular formula is C24H23N5O3. The lowest BCUT2D eigenvalue weighted by atomic mass is 10.1. The third kappa shape index (κ3) is 4.47. The topological polar surface area (TPSA) is 114 Å². The minimum Gasteiger partial charge on any atom is -0.446 e. The lowest BCUT2D eigenvalue weighted by Crippen LogP contribution is -2.42. The van der Waals surface area contributed by atoms with Crippen molar-refractivity contribution in [2.75, 3.05) is 13.1 Å². The van der Waals surface area contributed by atoms with E-state index in [1.54, 1.807) is 27.8 Å². The zero-order chi connectivity index (χ0) is 22.7. The first-order valence-corrected chi connectivity index (χ1v) is 10.4. The largest absolute Gasteiger partial charge is 0.446 e. The lowest BCUT2D eigenvalue weighted by molar-refractivity contribution is 0.0451. The number of carbonyl (C=O) groups excluding carboxylic acids is 2. The molecule has 8 nitrogen and oxygen atoms in total.